The van der Waals surface area contributed by atoms with Gasteiger partial charge in [0.05, 0.1) is 26.5 Å². The molecule has 0 spiro atoms. The fourth-order valence-electron chi connectivity index (χ4n) is 2.04. The average molecular weight is 261 g/mol. The second-order valence-corrected chi connectivity index (χ2v) is 4.15. The Kier molecular flexibility index (Phi) is 4.47. The van der Waals surface area contributed by atoms with Crippen LogP contribution in [0.25, 0.3) is 0 Å². The molecule has 0 aliphatic carbocycles. The summed E-state index contributed by atoms with van der Waals surface area (Å²) >= 11 is 0. The fraction of sp³-hybridized carbons (Fsp3) is 0.333. The zero-order chi connectivity index (χ0) is 13.7. The topological polar surface area (TPSA) is 43.6 Å². The summed E-state index contributed by atoms with van der Waals surface area (Å²) in [7, 11) is 3.29. The van der Waals surface area contributed by atoms with E-state index >= 15 is 0 Å². The van der Waals surface area contributed by atoms with Gasteiger partial charge in [0.15, 0.2) is 0 Å². The molecule has 1 atom stereocenters. The Bertz CT molecular complexity index is 486. The fourth-order valence-corrected chi connectivity index (χ4v) is 2.04. The number of hydrogen-bond acceptors (Lipinski definition) is 4. The van der Waals surface area contributed by atoms with Gasteiger partial charge >= 0.3 is 0 Å². The molecule has 1 aromatic carbocycles. The van der Waals surface area contributed by atoms with Crippen LogP contribution in [0.15, 0.2) is 41.0 Å². The molecule has 2 rings (SSSR count). The molecule has 2 aromatic rings. The van der Waals surface area contributed by atoms with E-state index in [0.29, 0.717) is 0 Å². The molecular formula is C15H19NO3. The van der Waals surface area contributed by atoms with E-state index in [1.165, 1.54) is 0 Å². The van der Waals surface area contributed by atoms with Crippen LogP contribution in [0.1, 0.15) is 24.3 Å². The first-order valence-corrected chi connectivity index (χ1v) is 6.28. The second kappa shape index (κ2) is 6.29. The molecule has 19 heavy (non-hydrogen) atoms. The van der Waals surface area contributed by atoms with E-state index in [9.17, 15) is 0 Å². The Morgan fingerprint density at radius 2 is 1.84 bits per heavy atom. The van der Waals surface area contributed by atoms with Gasteiger partial charge in [0.1, 0.15) is 17.3 Å². The Morgan fingerprint density at radius 3 is 2.32 bits per heavy atom. The molecule has 0 aliphatic rings. The Hall–Kier alpha value is -1.94. The second-order valence-electron chi connectivity index (χ2n) is 4.15. The third-order valence-corrected chi connectivity index (χ3v) is 2.94. The minimum atomic E-state index is -0.0102. The summed E-state index contributed by atoms with van der Waals surface area (Å²) in [5, 5.41) is 3.40. The quantitative estimate of drug-likeness (QED) is 0.868. The Labute approximate surface area is 113 Å². The number of furan rings is 1. The molecule has 4 heteroatoms. The van der Waals surface area contributed by atoms with Crippen LogP contribution in [-0.4, -0.2) is 20.8 Å². The molecule has 0 fully saturated rings. The summed E-state index contributed by atoms with van der Waals surface area (Å²) in [4.78, 5) is 0. The zero-order valence-corrected chi connectivity index (χ0v) is 11.5. The smallest absolute Gasteiger partial charge is 0.125 e. The Balaban J connectivity index is 2.41. The van der Waals surface area contributed by atoms with E-state index in [0.717, 1.165) is 29.4 Å². The number of rotatable bonds is 6. The van der Waals surface area contributed by atoms with Crippen molar-refractivity contribution in [2.24, 2.45) is 0 Å². The lowest BCUT2D eigenvalue weighted by Gasteiger charge is -2.17. The highest BCUT2D eigenvalue weighted by Gasteiger charge is 2.17. The van der Waals surface area contributed by atoms with Gasteiger partial charge in [-0.2, -0.15) is 0 Å². The van der Waals surface area contributed by atoms with Crippen LogP contribution in [0.2, 0.25) is 0 Å². The van der Waals surface area contributed by atoms with Crippen molar-refractivity contribution in [3.63, 3.8) is 0 Å². The lowest BCUT2D eigenvalue weighted by molar-refractivity contribution is 0.390. The number of nitrogens with one attached hydrogen (secondary N) is 1. The lowest BCUT2D eigenvalue weighted by atomic mass is 10.0. The highest BCUT2D eigenvalue weighted by atomic mass is 16.5. The number of ether oxygens (including phenoxy) is 2. The SMILES string of the molecule is CCNC(c1cc(OC)cc(OC)c1)c1ccco1. The van der Waals surface area contributed by atoms with Crippen molar-refractivity contribution in [1.29, 1.82) is 0 Å². The molecule has 0 bridgehead atoms. The minimum absolute atomic E-state index is 0.0102. The van der Waals surface area contributed by atoms with Gasteiger partial charge in [-0.1, -0.05) is 6.92 Å². The van der Waals surface area contributed by atoms with E-state index in [1.807, 2.05) is 30.3 Å². The van der Waals surface area contributed by atoms with Crippen LogP contribution in [-0.2, 0) is 0 Å². The van der Waals surface area contributed by atoms with Crippen LogP contribution >= 0.6 is 0 Å². The van der Waals surface area contributed by atoms with E-state index in [1.54, 1.807) is 20.5 Å². The van der Waals surface area contributed by atoms with Crippen molar-refractivity contribution in [2.45, 2.75) is 13.0 Å². The molecule has 0 aliphatic heterocycles. The molecular weight excluding hydrogens is 242 g/mol. The van der Waals surface area contributed by atoms with Gasteiger partial charge < -0.3 is 19.2 Å². The summed E-state index contributed by atoms with van der Waals surface area (Å²) in [5.41, 5.74) is 1.05. The normalized spacial score (nSPS) is 12.2. The lowest BCUT2D eigenvalue weighted by Crippen LogP contribution is -2.21. The maximum absolute atomic E-state index is 5.51. The minimum Gasteiger partial charge on any atom is -0.497 e. The van der Waals surface area contributed by atoms with Gasteiger partial charge in [0, 0.05) is 6.07 Å². The largest absolute Gasteiger partial charge is 0.497 e. The van der Waals surface area contributed by atoms with Crippen molar-refractivity contribution >= 4 is 0 Å². The van der Waals surface area contributed by atoms with Crippen LogP contribution in [0.3, 0.4) is 0 Å². The number of benzene rings is 1. The van der Waals surface area contributed by atoms with Gasteiger partial charge in [-0.05, 0) is 36.4 Å². The predicted octanol–water partition coefficient (Wildman–Crippen LogP) is 3.00. The highest BCUT2D eigenvalue weighted by Crippen LogP contribution is 2.30. The standard InChI is InChI=1S/C15H19NO3/c1-4-16-15(14-6-5-7-19-14)11-8-12(17-2)10-13(9-11)18-3/h5-10,15-16H,4H2,1-3H3. The van der Waals surface area contributed by atoms with Gasteiger partial charge in [-0.3, -0.25) is 0 Å². The van der Waals surface area contributed by atoms with Crippen molar-refractivity contribution in [1.82, 2.24) is 5.32 Å². The maximum atomic E-state index is 5.51. The molecule has 102 valence electrons. The third kappa shape index (κ3) is 3.09. The molecule has 1 N–H and O–H groups in total. The maximum Gasteiger partial charge on any atom is 0.125 e. The van der Waals surface area contributed by atoms with Crippen molar-refractivity contribution in [3.05, 3.63) is 47.9 Å². The monoisotopic (exact) mass is 261 g/mol. The summed E-state index contributed by atoms with van der Waals surface area (Å²) < 4.78 is 16.1. The predicted molar refractivity (Wildman–Crippen MR) is 73.8 cm³/mol. The number of methoxy groups -OCH3 is 2. The van der Waals surface area contributed by atoms with Crippen LogP contribution in [0.5, 0.6) is 11.5 Å². The van der Waals surface area contributed by atoms with E-state index in [4.69, 9.17) is 13.9 Å². The van der Waals surface area contributed by atoms with E-state index in [2.05, 4.69) is 12.2 Å². The molecule has 1 heterocycles. The Morgan fingerprint density at radius 1 is 1.16 bits per heavy atom. The zero-order valence-electron chi connectivity index (χ0n) is 11.5. The molecule has 1 aromatic heterocycles. The van der Waals surface area contributed by atoms with Gasteiger partial charge in [0.2, 0.25) is 0 Å². The van der Waals surface area contributed by atoms with Gasteiger partial charge in [-0.25, -0.2) is 0 Å². The first-order chi connectivity index (χ1) is 9.28. The van der Waals surface area contributed by atoms with E-state index in [-0.39, 0.29) is 6.04 Å². The van der Waals surface area contributed by atoms with Crippen molar-refractivity contribution in [2.75, 3.05) is 20.8 Å². The highest BCUT2D eigenvalue weighted by molar-refractivity contribution is 5.41. The molecule has 0 saturated heterocycles. The molecule has 0 saturated carbocycles. The molecule has 0 amide bonds. The van der Waals surface area contributed by atoms with Crippen LogP contribution in [0, 0.1) is 0 Å². The summed E-state index contributed by atoms with van der Waals surface area (Å²) in [6.45, 7) is 2.90. The summed E-state index contributed by atoms with van der Waals surface area (Å²) in [6.07, 6.45) is 1.68. The first-order valence-electron chi connectivity index (χ1n) is 6.28. The molecule has 0 radical (unpaired) electrons. The van der Waals surface area contributed by atoms with Crippen molar-refractivity contribution < 1.29 is 13.9 Å². The third-order valence-electron chi connectivity index (χ3n) is 2.94. The van der Waals surface area contributed by atoms with Gasteiger partial charge in [-0.15, -0.1) is 0 Å². The average Bonchev–Trinajstić information content (AvgIpc) is 2.97. The number of hydrogen-bond donors (Lipinski definition) is 1. The van der Waals surface area contributed by atoms with Crippen LogP contribution < -0.4 is 14.8 Å². The molecule has 4 nitrogen and oxygen atoms in total. The van der Waals surface area contributed by atoms with E-state index < -0.39 is 0 Å². The first kappa shape index (κ1) is 13.5. The van der Waals surface area contributed by atoms with Gasteiger partial charge in [0.25, 0.3) is 0 Å². The summed E-state index contributed by atoms with van der Waals surface area (Å²) in [5.74, 6) is 2.41. The van der Waals surface area contributed by atoms with Crippen molar-refractivity contribution in [3.8, 4) is 11.5 Å². The summed E-state index contributed by atoms with van der Waals surface area (Å²) in [6, 6.07) is 9.66. The van der Waals surface area contributed by atoms with Crippen LogP contribution in [0.4, 0.5) is 0 Å². The molecule has 1 unspecified atom stereocenters.